The lowest BCUT2D eigenvalue weighted by Gasteiger charge is -2.37. The SMILES string of the molecule is CC1CC(C)CN(c2c(F)cccc2CCl)C1. The highest BCUT2D eigenvalue weighted by atomic mass is 35.5. The van der Waals surface area contributed by atoms with Gasteiger partial charge in [-0.25, -0.2) is 4.39 Å². The summed E-state index contributed by atoms with van der Waals surface area (Å²) >= 11 is 5.90. The van der Waals surface area contributed by atoms with Gasteiger partial charge < -0.3 is 4.90 Å². The molecular weight excluding hydrogens is 237 g/mol. The molecule has 1 aromatic carbocycles. The van der Waals surface area contributed by atoms with Crippen molar-refractivity contribution in [3.05, 3.63) is 29.6 Å². The van der Waals surface area contributed by atoms with E-state index < -0.39 is 0 Å². The van der Waals surface area contributed by atoms with Crippen molar-refractivity contribution in [2.75, 3.05) is 18.0 Å². The Kier molecular flexibility index (Phi) is 3.93. The van der Waals surface area contributed by atoms with Crippen LogP contribution in [-0.2, 0) is 5.88 Å². The van der Waals surface area contributed by atoms with Crippen molar-refractivity contribution in [2.45, 2.75) is 26.1 Å². The summed E-state index contributed by atoms with van der Waals surface area (Å²) in [6, 6.07) is 5.16. The molecule has 0 amide bonds. The van der Waals surface area contributed by atoms with Gasteiger partial charge in [-0.05, 0) is 29.9 Å². The minimum absolute atomic E-state index is 0.149. The highest BCUT2D eigenvalue weighted by molar-refractivity contribution is 6.17. The summed E-state index contributed by atoms with van der Waals surface area (Å²) in [5.74, 6) is 1.44. The lowest BCUT2D eigenvalue weighted by molar-refractivity contribution is 0.354. The molecule has 0 aliphatic carbocycles. The standard InChI is InChI=1S/C14H19ClFN/c1-10-6-11(2)9-17(8-10)14-12(7-15)4-3-5-13(14)16/h3-5,10-11H,6-9H2,1-2H3. The third-order valence-corrected chi connectivity index (χ3v) is 3.69. The molecule has 0 radical (unpaired) electrons. The van der Waals surface area contributed by atoms with Crippen LogP contribution in [0.1, 0.15) is 25.8 Å². The third kappa shape index (κ3) is 2.74. The van der Waals surface area contributed by atoms with Gasteiger partial charge in [0.25, 0.3) is 0 Å². The molecule has 94 valence electrons. The number of hydrogen-bond donors (Lipinski definition) is 0. The number of benzene rings is 1. The van der Waals surface area contributed by atoms with Crippen molar-refractivity contribution in [2.24, 2.45) is 11.8 Å². The normalized spacial score (nSPS) is 25.1. The smallest absolute Gasteiger partial charge is 0.146 e. The zero-order chi connectivity index (χ0) is 12.4. The van der Waals surface area contributed by atoms with E-state index in [1.807, 2.05) is 6.07 Å². The number of rotatable bonds is 2. The fourth-order valence-corrected chi connectivity index (χ4v) is 3.08. The Morgan fingerprint density at radius 3 is 2.53 bits per heavy atom. The van der Waals surface area contributed by atoms with Crippen molar-refractivity contribution >= 4 is 17.3 Å². The fraction of sp³-hybridized carbons (Fsp3) is 0.571. The van der Waals surface area contributed by atoms with Crippen LogP contribution in [0.25, 0.3) is 0 Å². The first-order valence-electron chi connectivity index (χ1n) is 6.20. The van der Waals surface area contributed by atoms with Gasteiger partial charge in [0, 0.05) is 19.0 Å². The molecule has 0 aromatic heterocycles. The van der Waals surface area contributed by atoms with Gasteiger partial charge in [0.1, 0.15) is 5.82 Å². The molecule has 1 nitrogen and oxygen atoms in total. The number of piperidine rings is 1. The number of anilines is 1. The molecule has 0 spiro atoms. The van der Waals surface area contributed by atoms with Crippen molar-refractivity contribution in [1.82, 2.24) is 0 Å². The zero-order valence-electron chi connectivity index (χ0n) is 10.4. The van der Waals surface area contributed by atoms with Crippen LogP contribution in [0.3, 0.4) is 0 Å². The van der Waals surface area contributed by atoms with Crippen molar-refractivity contribution < 1.29 is 4.39 Å². The Bertz CT molecular complexity index is 384. The van der Waals surface area contributed by atoms with E-state index in [2.05, 4.69) is 18.7 Å². The molecule has 1 fully saturated rings. The van der Waals surface area contributed by atoms with Gasteiger partial charge in [-0.2, -0.15) is 0 Å². The predicted molar refractivity (Wildman–Crippen MR) is 71.1 cm³/mol. The number of halogens is 2. The van der Waals surface area contributed by atoms with Crippen LogP contribution in [-0.4, -0.2) is 13.1 Å². The minimum atomic E-state index is -0.149. The summed E-state index contributed by atoms with van der Waals surface area (Å²) in [6.45, 7) is 6.30. The van der Waals surface area contributed by atoms with E-state index in [-0.39, 0.29) is 5.82 Å². The molecule has 1 heterocycles. The number of alkyl halides is 1. The van der Waals surface area contributed by atoms with Crippen molar-refractivity contribution in [3.8, 4) is 0 Å². The molecule has 2 unspecified atom stereocenters. The molecule has 0 bridgehead atoms. The maximum absolute atomic E-state index is 14.0. The lowest BCUT2D eigenvalue weighted by atomic mass is 9.91. The summed E-state index contributed by atoms with van der Waals surface area (Å²) in [6.07, 6.45) is 1.22. The van der Waals surface area contributed by atoms with E-state index in [1.165, 1.54) is 12.5 Å². The summed E-state index contributed by atoms with van der Waals surface area (Å²) in [5.41, 5.74) is 1.61. The average Bonchev–Trinajstić information content (AvgIpc) is 2.27. The number of nitrogens with zero attached hydrogens (tertiary/aromatic N) is 1. The highest BCUT2D eigenvalue weighted by Crippen LogP contribution is 2.31. The molecule has 1 aliphatic rings. The van der Waals surface area contributed by atoms with Crippen molar-refractivity contribution in [3.63, 3.8) is 0 Å². The quantitative estimate of drug-likeness (QED) is 0.721. The monoisotopic (exact) mass is 255 g/mol. The molecule has 17 heavy (non-hydrogen) atoms. The fourth-order valence-electron chi connectivity index (χ4n) is 2.87. The van der Waals surface area contributed by atoms with Gasteiger partial charge in [0.05, 0.1) is 5.69 Å². The number of para-hydroxylation sites is 1. The molecule has 1 aliphatic heterocycles. The average molecular weight is 256 g/mol. The summed E-state index contributed by atoms with van der Waals surface area (Å²) in [5, 5.41) is 0. The van der Waals surface area contributed by atoms with Crippen LogP contribution >= 0.6 is 11.6 Å². The van der Waals surface area contributed by atoms with Gasteiger partial charge in [-0.3, -0.25) is 0 Å². The second-order valence-electron chi connectivity index (χ2n) is 5.23. The Labute approximate surface area is 108 Å². The zero-order valence-corrected chi connectivity index (χ0v) is 11.2. The van der Waals surface area contributed by atoms with Crippen molar-refractivity contribution in [1.29, 1.82) is 0 Å². The van der Waals surface area contributed by atoms with E-state index in [9.17, 15) is 4.39 Å². The maximum Gasteiger partial charge on any atom is 0.146 e. The topological polar surface area (TPSA) is 3.24 Å². The van der Waals surface area contributed by atoms with Gasteiger partial charge in [-0.15, -0.1) is 11.6 Å². The van der Waals surface area contributed by atoms with Crippen LogP contribution < -0.4 is 4.90 Å². The first-order valence-corrected chi connectivity index (χ1v) is 6.73. The molecule has 2 rings (SSSR count). The lowest BCUT2D eigenvalue weighted by Crippen LogP contribution is -2.39. The van der Waals surface area contributed by atoms with Gasteiger partial charge in [0.2, 0.25) is 0 Å². The van der Waals surface area contributed by atoms with Crippen LogP contribution in [0.4, 0.5) is 10.1 Å². The second-order valence-corrected chi connectivity index (χ2v) is 5.50. The number of hydrogen-bond acceptors (Lipinski definition) is 1. The maximum atomic E-state index is 14.0. The Morgan fingerprint density at radius 1 is 1.29 bits per heavy atom. The Morgan fingerprint density at radius 2 is 1.94 bits per heavy atom. The van der Waals surface area contributed by atoms with E-state index in [0.717, 1.165) is 18.7 Å². The molecule has 0 saturated carbocycles. The molecule has 0 N–H and O–H groups in total. The van der Waals surface area contributed by atoms with E-state index in [1.54, 1.807) is 6.07 Å². The summed E-state index contributed by atoms with van der Waals surface area (Å²) in [7, 11) is 0. The largest absolute Gasteiger partial charge is 0.368 e. The van der Waals surface area contributed by atoms with Crippen LogP contribution in [0.5, 0.6) is 0 Å². The van der Waals surface area contributed by atoms with Gasteiger partial charge >= 0.3 is 0 Å². The molecule has 2 atom stereocenters. The van der Waals surface area contributed by atoms with E-state index >= 15 is 0 Å². The predicted octanol–water partition coefficient (Wildman–Crippen LogP) is 4.05. The van der Waals surface area contributed by atoms with E-state index in [4.69, 9.17) is 11.6 Å². The van der Waals surface area contributed by atoms with Gasteiger partial charge in [0.15, 0.2) is 0 Å². The Hall–Kier alpha value is -0.760. The molecule has 1 saturated heterocycles. The van der Waals surface area contributed by atoms with Crippen LogP contribution in [0.2, 0.25) is 0 Å². The Balaban J connectivity index is 2.32. The second kappa shape index (κ2) is 5.26. The third-order valence-electron chi connectivity index (χ3n) is 3.40. The molecular formula is C14H19ClFN. The van der Waals surface area contributed by atoms with Crippen LogP contribution in [0.15, 0.2) is 18.2 Å². The molecule has 3 heteroatoms. The molecule has 1 aromatic rings. The highest BCUT2D eigenvalue weighted by Gasteiger charge is 2.25. The van der Waals surface area contributed by atoms with Gasteiger partial charge in [-0.1, -0.05) is 26.0 Å². The first kappa shape index (κ1) is 12.7. The van der Waals surface area contributed by atoms with E-state index in [0.29, 0.717) is 23.4 Å². The minimum Gasteiger partial charge on any atom is -0.368 e. The summed E-state index contributed by atoms with van der Waals surface area (Å²) < 4.78 is 14.0. The van der Waals surface area contributed by atoms with Crippen LogP contribution in [0, 0.1) is 17.7 Å². The first-order chi connectivity index (χ1) is 8.11. The summed E-state index contributed by atoms with van der Waals surface area (Å²) in [4.78, 5) is 2.16.